The van der Waals surface area contributed by atoms with E-state index < -0.39 is 0 Å². The van der Waals surface area contributed by atoms with Gasteiger partial charge in [-0.05, 0) is 25.2 Å². The Kier molecular flexibility index (Phi) is 4.36. The Hall–Kier alpha value is -0.410. The molecule has 1 aliphatic rings. The summed E-state index contributed by atoms with van der Waals surface area (Å²) in [6, 6.07) is 0.747. The molecule has 0 aliphatic heterocycles. The molecule has 16 heavy (non-hydrogen) atoms. The van der Waals surface area contributed by atoms with Crippen LogP contribution in [0.5, 0.6) is 0 Å². The predicted octanol–water partition coefficient (Wildman–Crippen LogP) is 3.37. The third-order valence-corrected chi connectivity index (χ3v) is 4.77. The number of nitrogens with zero attached hydrogens (tertiary/aromatic N) is 1. The van der Waals surface area contributed by atoms with Gasteiger partial charge in [-0.1, -0.05) is 26.7 Å². The predicted molar refractivity (Wildman–Crippen MR) is 69.8 cm³/mol. The number of thiazole rings is 1. The number of aromatic nitrogens is 1. The van der Waals surface area contributed by atoms with Gasteiger partial charge in [-0.2, -0.15) is 0 Å². The Morgan fingerprint density at radius 1 is 1.44 bits per heavy atom. The highest BCUT2D eigenvalue weighted by atomic mass is 32.1. The van der Waals surface area contributed by atoms with Crippen LogP contribution < -0.4 is 5.32 Å². The standard InChI is InChI=1S/C13H22N2S/c1-3-10-6-5-7-12(10)14-8-11-9-15-13(4-2)16-11/h9-10,12,14H,3-8H2,1-2H3. The van der Waals surface area contributed by atoms with Crippen LogP contribution in [0.15, 0.2) is 6.20 Å². The van der Waals surface area contributed by atoms with Crippen molar-refractivity contribution in [3.8, 4) is 0 Å². The van der Waals surface area contributed by atoms with Crippen LogP contribution in [0.4, 0.5) is 0 Å². The van der Waals surface area contributed by atoms with Gasteiger partial charge in [0.1, 0.15) is 0 Å². The molecule has 1 saturated carbocycles. The Balaban J connectivity index is 1.82. The van der Waals surface area contributed by atoms with Crippen molar-refractivity contribution < 1.29 is 0 Å². The molecule has 90 valence electrons. The molecule has 1 fully saturated rings. The smallest absolute Gasteiger partial charge is 0.0925 e. The molecule has 1 aliphatic carbocycles. The van der Waals surface area contributed by atoms with Crippen molar-refractivity contribution in [2.75, 3.05) is 0 Å². The first kappa shape index (κ1) is 12.1. The minimum absolute atomic E-state index is 0.747. The summed E-state index contributed by atoms with van der Waals surface area (Å²) >= 11 is 1.85. The zero-order chi connectivity index (χ0) is 11.4. The van der Waals surface area contributed by atoms with Crippen molar-refractivity contribution in [3.05, 3.63) is 16.1 Å². The molecule has 2 atom stereocenters. The van der Waals surface area contributed by atoms with Crippen LogP contribution in [0.2, 0.25) is 0 Å². The largest absolute Gasteiger partial charge is 0.309 e. The van der Waals surface area contributed by atoms with Crippen molar-refractivity contribution in [2.24, 2.45) is 5.92 Å². The Morgan fingerprint density at radius 3 is 3.00 bits per heavy atom. The second-order valence-electron chi connectivity index (χ2n) is 4.66. The van der Waals surface area contributed by atoms with Crippen LogP contribution in [-0.2, 0) is 13.0 Å². The highest BCUT2D eigenvalue weighted by Gasteiger charge is 2.24. The minimum atomic E-state index is 0.747. The molecule has 3 heteroatoms. The fourth-order valence-corrected chi connectivity index (χ4v) is 3.43. The Morgan fingerprint density at radius 2 is 2.31 bits per heavy atom. The lowest BCUT2D eigenvalue weighted by atomic mass is 10.0. The van der Waals surface area contributed by atoms with Crippen LogP contribution in [0, 0.1) is 5.92 Å². The highest BCUT2D eigenvalue weighted by molar-refractivity contribution is 7.11. The van der Waals surface area contributed by atoms with E-state index in [-0.39, 0.29) is 0 Å². The summed E-state index contributed by atoms with van der Waals surface area (Å²) in [6.45, 7) is 5.49. The summed E-state index contributed by atoms with van der Waals surface area (Å²) in [5.41, 5.74) is 0. The maximum Gasteiger partial charge on any atom is 0.0925 e. The minimum Gasteiger partial charge on any atom is -0.309 e. The van der Waals surface area contributed by atoms with E-state index in [1.54, 1.807) is 0 Å². The van der Waals surface area contributed by atoms with Gasteiger partial charge in [-0.3, -0.25) is 0 Å². The molecule has 1 aromatic heterocycles. The van der Waals surface area contributed by atoms with Crippen molar-refractivity contribution in [1.82, 2.24) is 10.3 Å². The quantitative estimate of drug-likeness (QED) is 0.850. The maximum absolute atomic E-state index is 4.40. The maximum atomic E-state index is 4.40. The van der Waals surface area contributed by atoms with Crippen molar-refractivity contribution in [2.45, 2.75) is 58.5 Å². The topological polar surface area (TPSA) is 24.9 Å². The van der Waals surface area contributed by atoms with E-state index in [4.69, 9.17) is 0 Å². The summed E-state index contributed by atoms with van der Waals surface area (Å²) < 4.78 is 0. The Labute approximate surface area is 102 Å². The first-order valence-electron chi connectivity index (χ1n) is 6.50. The lowest BCUT2D eigenvalue weighted by Crippen LogP contribution is -2.31. The first-order valence-corrected chi connectivity index (χ1v) is 7.32. The van der Waals surface area contributed by atoms with E-state index in [9.17, 15) is 0 Å². The van der Waals surface area contributed by atoms with Crippen LogP contribution in [0.25, 0.3) is 0 Å². The number of rotatable bonds is 5. The molecule has 0 radical (unpaired) electrons. The van der Waals surface area contributed by atoms with Crippen LogP contribution in [-0.4, -0.2) is 11.0 Å². The van der Waals surface area contributed by atoms with Gasteiger partial charge in [0.05, 0.1) is 5.01 Å². The second-order valence-corrected chi connectivity index (χ2v) is 5.86. The lowest BCUT2D eigenvalue weighted by molar-refractivity contribution is 0.390. The second kappa shape index (κ2) is 5.78. The van der Waals surface area contributed by atoms with Crippen molar-refractivity contribution >= 4 is 11.3 Å². The number of nitrogens with one attached hydrogen (secondary N) is 1. The SMILES string of the molecule is CCc1ncc(CNC2CCCC2CC)s1. The highest BCUT2D eigenvalue weighted by Crippen LogP contribution is 2.28. The van der Waals surface area contributed by atoms with E-state index >= 15 is 0 Å². The molecule has 1 N–H and O–H groups in total. The van der Waals surface area contributed by atoms with Gasteiger partial charge >= 0.3 is 0 Å². The number of hydrogen-bond acceptors (Lipinski definition) is 3. The molecule has 1 aromatic rings. The van der Waals surface area contributed by atoms with Crippen molar-refractivity contribution in [3.63, 3.8) is 0 Å². The zero-order valence-corrected chi connectivity index (χ0v) is 11.1. The van der Waals surface area contributed by atoms with Gasteiger partial charge in [-0.15, -0.1) is 11.3 Å². The van der Waals surface area contributed by atoms with Crippen LogP contribution in [0.3, 0.4) is 0 Å². The fourth-order valence-electron chi connectivity index (χ4n) is 2.62. The number of hydrogen-bond donors (Lipinski definition) is 1. The molecule has 2 unspecified atom stereocenters. The van der Waals surface area contributed by atoms with E-state index in [1.807, 2.05) is 17.5 Å². The van der Waals surface area contributed by atoms with Crippen LogP contribution in [0.1, 0.15) is 49.4 Å². The summed E-state index contributed by atoms with van der Waals surface area (Å²) in [5.74, 6) is 0.901. The van der Waals surface area contributed by atoms with E-state index in [0.717, 1.165) is 24.9 Å². The summed E-state index contributed by atoms with van der Waals surface area (Å²) in [6.07, 6.45) is 8.59. The molecule has 2 nitrogen and oxygen atoms in total. The molecular formula is C13H22N2S. The monoisotopic (exact) mass is 238 g/mol. The molecule has 1 heterocycles. The van der Waals surface area contributed by atoms with Gasteiger partial charge in [-0.25, -0.2) is 4.98 Å². The van der Waals surface area contributed by atoms with E-state index in [0.29, 0.717) is 0 Å². The normalized spacial score (nSPS) is 25.1. The Bertz CT molecular complexity index is 321. The average molecular weight is 238 g/mol. The van der Waals surface area contributed by atoms with Gasteiger partial charge in [0.15, 0.2) is 0 Å². The molecular weight excluding hydrogens is 216 g/mol. The molecule has 0 spiro atoms. The van der Waals surface area contributed by atoms with Gasteiger partial charge in [0.2, 0.25) is 0 Å². The van der Waals surface area contributed by atoms with E-state index in [1.165, 1.54) is 35.6 Å². The lowest BCUT2D eigenvalue weighted by Gasteiger charge is -2.18. The molecule has 0 amide bonds. The summed E-state index contributed by atoms with van der Waals surface area (Å²) in [7, 11) is 0. The third-order valence-electron chi connectivity index (χ3n) is 3.63. The molecule has 2 rings (SSSR count). The van der Waals surface area contributed by atoms with Crippen molar-refractivity contribution in [1.29, 1.82) is 0 Å². The van der Waals surface area contributed by atoms with Gasteiger partial charge in [0.25, 0.3) is 0 Å². The van der Waals surface area contributed by atoms with Gasteiger partial charge in [0, 0.05) is 23.7 Å². The first-order chi connectivity index (χ1) is 7.83. The average Bonchev–Trinajstić information content (AvgIpc) is 2.94. The third kappa shape index (κ3) is 2.83. The molecule has 0 bridgehead atoms. The molecule has 0 saturated heterocycles. The summed E-state index contributed by atoms with van der Waals surface area (Å²) in [4.78, 5) is 5.79. The van der Waals surface area contributed by atoms with Crippen LogP contribution >= 0.6 is 11.3 Å². The molecule has 0 aromatic carbocycles. The zero-order valence-electron chi connectivity index (χ0n) is 10.3. The van der Waals surface area contributed by atoms with Gasteiger partial charge < -0.3 is 5.32 Å². The number of aryl methyl sites for hydroxylation is 1. The fraction of sp³-hybridized carbons (Fsp3) is 0.769. The van der Waals surface area contributed by atoms with E-state index in [2.05, 4.69) is 24.1 Å². The summed E-state index contributed by atoms with van der Waals surface area (Å²) in [5, 5.41) is 4.97.